The molecule has 3 aromatic rings. The van der Waals surface area contributed by atoms with E-state index in [9.17, 15) is 18.0 Å². The fraction of sp³-hybridized carbons (Fsp3) is 0.188. The number of nitrogens with one attached hydrogen (secondary N) is 1. The first kappa shape index (κ1) is 17.3. The fourth-order valence-electron chi connectivity index (χ4n) is 2.31. The Labute approximate surface area is 145 Å². The molecule has 0 saturated heterocycles. The van der Waals surface area contributed by atoms with E-state index in [-0.39, 0.29) is 23.9 Å². The van der Waals surface area contributed by atoms with E-state index in [0.717, 1.165) is 17.2 Å². The zero-order chi connectivity index (χ0) is 18.0. The third kappa shape index (κ3) is 3.60. The van der Waals surface area contributed by atoms with Crippen molar-refractivity contribution in [2.45, 2.75) is 17.6 Å². The first-order valence-corrected chi connectivity index (χ1v) is 8.44. The van der Waals surface area contributed by atoms with Crippen molar-refractivity contribution in [3.8, 4) is 0 Å². The van der Waals surface area contributed by atoms with Crippen LogP contribution in [0.1, 0.15) is 21.7 Å². The number of benzene rings is 1. The van der Waals surface area contributed by atoms with Crippen molar-refractivity contribution in [1.82, 2.24) is 19.9 Å². The van der Waals surface area contributed by atoms with Gasteiger partial charge in [-0.25, -0.2) is 0 Å². The van der Waals surface area contributed by atoms with Crippen LogP contribution >= 0.6 is 11.8 Å². The van der Waals surface area contributed by atoms with Crippen LogP contribution in [0.15, 0.2) is 47.5 Å². The summed E-state index contributed by atoms with van der Waals surface area (Å²) < 4.78 is 39.8. The Bertz CT molecular complexity index is 923. The molecule has 5 nitrogen and oxygen atoms in total. The maximum absolute atomic E-state index is 12.8. The molecule has 0 atom stereocenters. The Morgan fingerprint density at radius 1 is 1.20 bits per heavy atom. The number of halogens is 3. The van der Waals surface area contributed by atoms with Crippen molar-refractivity contribution in [3.05, 3.63) is 59.5 Å². The van der Waals surface area contributed by atoms with Crippen molar-refractivity contribution in [1.29, 1.82) is 0 Å². The number of amides is 1. The predicted molar refractivity (Wildman–Crippen MR) is 87.4 cm³/mol. The Hall–Kier alpha value is -2.55. The lowest BCUT2D eigenvalue weighted by Crippen LogP contribution is -2.24. The molecule has 0 fully saturated rings. The second-order valence-electron chi connectivity index (χ2n) is 5.14. The summed E-state index contributed by atoms with van der Waals surface area (Å²) in [5.41, 5.74) is -0.0262. The molecule has 0 spiro atoms. The van der Waals surface area contributed by atoms with Gasteiger partial charge >= 0.3 is 6.18 Å². The summed E-state index contributed by atoms with van der Waals surface area (Å²) in [7, 11) is 0. The van der Waals surface area contributed by atoms with Crippen molar-refractivity contribution in [2.24, 2.45) is 0 Å². The Morgan fingerprint density at radius 3 is 2.68 bits per heavy atom. The van der Waals surface area contributed by atoms with E-state index in [4.69, 9.17) is 0 Å². The average molecular weight is 366 g/mol. The van der Waals surface area contributed by atoms with Crippen molar-refractivity contribution < 1.29 is 18.0 Å². The highest BCUT2D eigenvalue weighted by atomic mass is 32.2. The SMILES string of the molecule is CSc1ccccc1C(=O)NCc1nnc2ccc(C(F)(F)F)cn12. The minimum Gasteiger partial charge on any atom is -0.345 e. The van der Waals surface area contributed by atoms with E-state index in [2.05, 4.69) is 15.5 Å². The minimum atomic E-state index is -4.46. The maximum Gasteiger partial charge on any atom is 0.417 e. The Balaban J connectivity index is 1.82. The van der Waals surface area contributed by atoms with Gasteiger partial charge in [-0.1, -0.05) is 12.1 Å². The molecule has 0 saturated carbocycles. The molecular formula is C16H13F3N4OS. The Kier molecular flexibility index (Phi) is 4.67. The van der Waals surface area contributed by atoms with Crippen LogP contribution in [0.2, 0.25) is 0 Å². The molecule has 3 rings (SSSR count). The molecule has 2 heterocycles. The largest absolute Gasteiger partial charge is 0.417 e. The van der Waals surface area contributed by atoms with Crippen LogP contribution in [0.4, 0.5) is 13.2 Å². The number of pyridine rings is 1. The molecule has 2 aromatic heterocycles. The van der Waals surface area contributed by atoms with Gasteiger partial charge in [0.1, 0.15) is 0 Å². The highest BCUT2D eigenvalue weighted by Gasteiger charge is 2.31. The van der Waals surface area contributed by atoms with E-state index < -0.39 is 11.7 Å². The number of alkyl halides is 3. The number of nitrogens with zero attached hydrogens (tertiary/aromatic N) is 3. The van der Waals surface area contributed by atoms with Crippen molar-refractivity contribution in [3.63, 3.8) is 0 Å². The monoisotopic (exact) mass is 366 g/mol. The molecule has 0 unspecified atom stereocenters. The van der Waals surface area contributed by atoms with Gasteiger partial charge in [-0.3, -0.25) is 9.20 Å². The van der Waals surface area contributed by atoms with Crippen molar-refractivity contribution >= 4 is 23.3 Å². The van der Waals surface area contributed by atoms with Gasteiger partial charge in [-0.2, -0.15) is 13.2 Å². The number of fused-ring (bicyclic) bond motifs is 1. The molecule has 1 amide bonds. The fourth-order valence-corrected chi connectivity index (χ4v) is 2.91. The molecule has 130 valence electrons. The second-order valence-corrected chi connectivity index (χ2v) is 5.99. The van der Waals surface area contributed by atoms with Gasteiger partial charge in [0, 0.05) is 11.1 Å². The van der Waals surface area contributed by atoms with Crippen LogP contribution in [-0.2, 0) is 12.7 Å². The van der Waals surface area contributed by atoms with Gasteiger partial charge in [0.2, 0.25) is 0 Å². The summed E-state index contributed by atoms with van der Waals surface area (Å²) in [5.74, 6) is -0.107. The number of hydrogen-bond acceptors (Lipinski definition) is 4. The smallest absolute Gasteiger partial charge is 0.345 e. The summed E-state index contributed by atoms with van der Waals surface area (Å²) in [6.07, 6.45) is -1.68. The van der Waals surface area contributed by atoms with Crippen LogP contribution < -0.4 is 5.32 Å². The lowest BCUT2D eigenvalue weighted by Gasteiger charge is -2.09. The molecule has 1 aromatic carbocycles. The number of aromatic nitrogens is 3. The first-order valence-electron chi connectivity index (χ1n) is 7.22. The molecule has 0 aliphatic carbocycles. The molecule has 0 aliphatic heterocycles. The van der Waals surface area contributed by atoms with Gasteiger partial charge in [0.15, 0.2) is 11.5 Å². The molecule has 0 bridgehead atoms. The van der Waals surface area contributed by atoms with E-state index in [1.807, 2.05) is 18.4 Å². The first-order chi connectivity index (χ1) is 11.9. The molecule has 1 N–H and O–H groups in total. The standard InChI is InChI=1S/C16H13F3N4OS/c1-25-12-5-3-2-4-11(12)15(24)20-8-14-22-21-13-7-6-10(9-23(13)14)16(17,18)19/h2-7,9H,8H2,1H3,(H,20,24). The third-order valence-corrected chi connectivity index (χ3v) is 4.35. The van der Waals surface area contributed by atoms with E-state index >= 15 is 0 Å². The molecule has 0 aliphatic rings. The number of thioether (sulfide) groups is 1. The summed E-state index contributed by atoms with van der Waals surface area (Å²) >= 11 is 1.44. The second kappa shape index (κ2) is 6.75. The lowest BCUT2D eigenvalue weighted by atomic mass is 10.2. The quantitative estimate of drug-likeness (QED) is 0.719. The van der Waals surface area contributed by atoms with Gasteiger partial charge in [0.25, 0.3) is 5.91 Å². The predicted octanol–water partition coefficient (Wildman–Crippen LogP) is 3.40. The zero-order valence-electron chi connectivity index (χ0n) is 13.0. The van der Waals surface area contributed by atoms with Gasteiger partial charge in [0.05, 0.1) is 17.7 Å². The van der Waals surface area contributed by atoms with Gasteiger partial charge in [-0.15, -0.1) is 22.0 Å². The molecule has 9 heteroatoms. The molecule has 0 radical (unpaired) electrons. The van der Waals surface area contributed by atoms with Crippen LogP contribution in [-0.4, -0.2) is 26.8 Å². The van der Waals surface area contributed by atoms with Crippen LogP contribution in [0.5, 0.6) is 0 Å². The number of carbonyl (C=O) groups is 1. The number of rotatable bonds is 4. The van der Waals surface area contributed by atoms with Gasteiger partial charge in [-0.05, 0) is 30.5 Å². The number of carbonyl (C=O) groups excluding carboxylic acids is 1. The zero-order valence-corrected chi connectivity index (χ0v) is 13.9. The summed E-state index contributed by atoms with van der Waals surface area (Å²) in [4.78, 5) is 13.1. The number of hydrogen-bond donors (Lipinski definition) is 1. The molecular weight excluding hydrogens is 353 g/mol. The summed E-state index contributed by atoms with van der Waals surface area (Å²) in [5, 5.41) is 10.3. The minimum absolute atomic E-state index is 0.0377. The Morgan fingerprint density at radius 2 is 1.96 bits per heavy atom. The highest BCUT2D eigenvalue weighted by molar-refractivity contribution is 7.98. The lowest BCUT2D eigenvalue weighted by molar-refractivity contribution is -0.137. The topological polar surface area (TPSA) is 59.3 Å². The van der Waals surface area contributed by atoms with Crippen LogP contribution in [0.25, 0.3) is 5.65 Å². The third-order valence-electron chi connectivity index (χ3n) is 3.56. The highest BCUT2D eigenvalue weighted by Crippen LogP contribution is 2.29. The summed E-state index contributed by atoms with van der Waals surface area (Å²) in [6.45, 7) is -0.0377. The normalized spacial score (nSPS) is 11.7. The van der Waals surface area contributed by atoms with Gasteiger partial charge < -0.3 is 5.32 Å². The van der Waals surface area contributed by atoms with Crippen LogP contribution in [0, 0.1) is 0 Å². The van der Waals surface area contributed by atoms with E-state index in [0.29, 0.717) is 5.56 Å². The average Bonchev–Trinajstić information content (AvgIpc) is 3.01. The molecule has 25 heavy (non-hydrogen) atoms. The summed E-state index contributed by atoms with van der Waals surface area (Å²) in [6, 6.07) is 9.27. The van der Waals surface area contributed by atoms with E-state index in [1.54, 1.807) is 12.1 Å². The van der Waals surface area contributed by atoms with Crippen LogP contribution in [0.3, 0.4) is 0 Å². The maximum atomic E-state index is 12.8. The van der Waals surface area contributed by atoms with E-state index in [1.165, 1.54) is 22.2 Å². The van der Waals surface area contributed by atoms with Crippen molar-refractivity contribution in [2.75, 3.05) is 6.26 Å².